The number of ether oxygens (including phenoxy) is 1. The van der Waals surface area contributed by atoms with E-state index in [1.54, 1.807) is 24.3 Å². The monoisotopic (exact) mass is 505 g/mol. The van der Waals surface area contributed by atoms with Gasteiger partial charge < -0.3 is 4.74 Å². The number of alkyl halides is 3. The highest BCUT2D eigenvalue weighted by Crippen LogP contribution is 2.33. The molecule has 0 aliphatic carbocycles. The largest absolute Gasteiger partial charge is 0.490 e. The van der Waals surface area contributed by atoms with Crippen molar-refractivity contribution in [1.29, 1.82) is 5.26 Å². The molecule has 1 aromatic heterocycles. The zero-order chi connectivity index (χ0) is 24.9. The molecule has 10 heteroatoms. The number of nitrogens with zero attached hydrogens (tertiary/aromatic N) is 2. The third-order valence-corrected chi connectivity index (χ3v) is 5.74. The molecule has 1 N–H and O–H groups in total. The number of hydrogen-bond donors (Lipinski definition) is 1. The third-order valence-electron chi connectivity index (χ3n) is 4.46. The van der Waals surface area contributed by atoms with Crippen molar-refractivity contribution in [2.45, 2.75) is 32.5 Å². The first-order chi connectivity index (χ1) is 16.1. The highest BCUT2D eigenvalue weighted by Gasteiger charge is 2.31. The maximum atomic E-state index is 13.0. The van der Waals surface area contributed by atoms with Crippen molar-refractivity contribution >= 4 is 40.1 Å². The predicted molar refractivity (Wildman–Crippen MR) is 126 cm³/mol. The predicted octanol–water partition coefficient (Wildman–Crippen LogP) is 6.74. The zero-order valence-electron chi connectivity index (χ0n) is 18.1. The minimum atomic E-state index is -4.48. The van der Waals surface area contributed by atoms with E-state index in [1.807, 2.05) is 19.9 Å². The van der Waals surface area contributed by atoms with Crippen molar-refractivity contribution in [2.24, 2.45) is 0 Å². The lowest BCUT2D eigenvalue weighted by atomic mass is 10.1. The Labute approximate surface area is 203 Å². The highest BCUT2D eigenvalue weighted by atomic mass is 35.5. The number of hydrogen-bond acceptors (Lipinski definition) is 5. The molecule has 0 radical (unpaired) electrons. The molecule has 1 heterocycles. The van der Waals surface area contributed by atoms with Crippen molar-refractivity contribution < 1.29 is 22.7 Å². The van der Waals surface area contributed by atoms with Gasteiger partial charge in [-0.05, 0) is 49.8 Å². The second-order valence-corrected chi connectivity index (χ2v) is 8.96. The summed E-state index contributed by atoms with van der Waals surface area (Å²) in [5, 5.41) is 12.4. The van der Waals surface area contributed by atoms with Crippen LogP contribution in [-0.2, 0) is 17.4 Å². The molecule has 0 bridgehead atoms. The Morgan fingerprint density at radius 3 is 2.71 bits per heavy atom. The molecular weight excluding hydrogens is 487 g/mol. The Bertz CT molecular complexity index is 1260. The minimum Gasteiger partial charge on any atom is -0.490 e. The summed E-state index contributed by atoms with van der Waals surface area (Å²) in [6.45, 7) is 3.73. The molecule has 5 nitrogen and oxygen atoms in total. The number of benzene rings is 2. The molecular formula is C24H19ClF3N3O2S. The topological polar surface area (TPSA) is 75.0 Å². The molecule has 0 aliphatic heterocycles. The van der Waals surface area contributed by atoms with Gasteiger partial charge in [0.25, 0.3) is 5.91 Å². The van der Waals surface area contributed by atoms with Gasteiger partial charge in [-0.1, -0.05) is 29.8 Å². The Hall–Kier alpha value is -3.35. The average molecular weight is 506 g/mol. The Morgan fingerprint density at radius 1 is 1.29 bits per heavy atom. The van der Waals surface area contributed by atoms with Crippen LogP contribution in [-0.4, -0.2) is 17.0 Å². The lowest BCUT2D eigenvalue weighted by molar-refractivity contribution is -0.137. The van der Waals surface area contributed by atoms with Crippen molar-refractivity contribution in [3.63, 3.8) is 0 Å². The van der Waals surface area contributed by atoms with Crippen LogP contribution in [0.15, 0.2) is 54.2 Å². The summed E-state index contributed by atoms with van der Waals surface area (Å²) in [7, 11) is 0. The van der Waals surface area contributed by atoms with Crippen molar-refractivity contribution in [1.82, 2.24) is 4.98 Å². The van der Waals surface area contributed by atoms with Crippen LogP contribution in [0.5, 0.6) is 5.75 Å². The molecule has 3 aromatic rings. The van der Waals surface area contributed by atoms with Crippen LogP contribution < -0.4 is 10.1 Å². The number of rotatable bonds is 7. The van der Waals surface area contributed by atoms with Crippen molar-refractivity contribution in [2.75, 3.05) is 5.32 Å². The summed E-state index contributed by atoms with van der Waals surface area (Å²) in [5.74, 6) is -0.132. The van der Waals surface area contributed by atoms with E-state index in [1.165, 1.54) is 18.3 Å². The summed E-state index contributed by atoms with van der Waals surface area (Å²) in [6.07, 6.45) is -1.60. The second-order valence-electron chi connectivity index (χ2n) is 7.44. The van der Waals surface area contributed by atoms with Gasteiger partial charge in [-0.15, -0.1) is 11.3 Å². The number of carbonyl (C=O) groups is 1. The van der Waals surface area contributed by atoms with Gasteiger partial charge in [0, 0.05) is 28.1 Å². The Morgan fingerprint density at radius 2 is 2.03 bits per heavy atom. The minimum absolute atomic E-state index is 0.0898. The summed E-state index contributed by atoms with van der Waals surface area (Å²) in [4.78, 5) is 17.3. The lowest BCUT2D eigenvalue weighted by Gasteiger charge is -2.12. The van der Waals surface area contributed by atoms with Gasteiger partial charge >= 0.3 is 6.18 Å². The van der Waals surface area contributed by atoms with E-state index in [-0.39, 0.29) is 33.8 Å². The number of halogens is 4. The summed E-state index contributed by atoms with van der Waals surface area (Å²) < 4.78 is 44.7. The number of thiazole rings is 1. The van der Waals surface area contributed by atoms with Crippen LogP contribution in [0.2, 0.25) is 5.02 Å². The van der Waals surface area contributed by atoms with Crippen molar-refractivity contribution in [3.05, 3.63) is 80.8 Å². The quantitative estimate of drug-likeness (QED) is 0.285. The van der Waals surface area contributed by atoms with Gasteiger partial charge in [0.05, 0.1) is 11.7 Å². The summed E-state index contributed by atoms with van der Waals surface area (Å²) in [6, 6.07) is 12.0. The number of para-hydroxylation sites is 1. The molecule has 1 amide bonds. The van der Waals surface area contributed by atoms with E-state index in [2.05, 4.69) is 10.3 Å². The number of anilines is 1. The SMILES string of the molecule is CC(C)Oc1ccccc1/C=C(\C#N)C(=O)Nc1ncc(Cc2cc(C(F)(F)F)ccc2Cl)s1. The van der Waals surface area contributed by atoms with Gasteiger partial charge in [-0.2, -0.15) is 18.4 Å². The maximum absolute atomic E-state index is 13.0. The Kier molecular flexibility index (Phi) is 7.97. The fourth-order valence-corrected chi connectivity index (χ4v) is 3.97. The van der Waals surface area contributed by atoms with Crippen LogP contribution in [0, 0.1) is 11.3 Å². The summed E-state index contributed by atoms with van der Waals surface area (Å²) in [5.41, 5.74) is -0.0905. The summed E-state index contributed by atoms with van der Waals surface area (Å²) >= 11 is 7.14. The first kappa shape index (κ1) is 25.3. The van der Waals surface area contributed by atoms with Gasteiger partial charge in [0.2, 0.25) is 0 Å². The molecule has 34 heavy (non-hydrogen) atoms. The van der Waals surface area contributed by atoms with Gasteiger partial charge in [0.1, 0.15) is 17.4 Å². The van der Waals surface area contributed by atoms with E-state index in [0.717, 1.165) is 23.5 Å². The second kappa shape index (κ2) is 10.7. The number of nitrogens with one attached hydrogen (secondary N) is 1. The zero-order valence-corrected chi connectivity index (χ0v) is 19.7. The third kappa shape index (κ3) is 6.59. The van der Waals surface area contributed by atoms with Crippen LogP contribution in [0.3, 0.4) is 0 Å². The van der Waals surface area contributed by atoms with E-state index in [4.69, 9.17) is 16.3 Å². The van der Waals surface area contributed by atoms with E-state index in [0.29, 0.717) is 16.2 Å². The molecule has 0 aliphatic rings. The lowest BCUT2D eigenvalue weighted by Crippen LogP contribution is -2.13. The Balaban J connectivity index is 1.76. The van der Waals surface area contributed by atoms with E-state index < -0.39 is 17.6 Å². The molecule has 0 saturated heterocycles. The number of nitriles is 1. The average Bonchev–Trinajstić information content (AvgIpc) is 3.20. The standard InChI is InChI=1S/C24H19ClF3N3O2S/c1-14(2)33-21-6-4-3-5-15(21)9-17(12-29)22(32)31-23-30-13-19(34-23)11-16-10-18(24(26,27)28)7-8-20(16)25/h3-10,13-14H,11H2,1-2H3,(H,30,31,32)/b17-9+. The van der Waals surface area contributed by atoms with Crippen LogP contribution in [0.25, 0.3) is 6.08 Å². The molecule has 2 aromatic carbocycles. The molecule has 0 saturated carbocycles. The first-order valence-corrected chi connectivity index (χ1v) is 11.3. The molecule has 0 unspecified atom stereocenters. The number of aromatic nitrogens is 1. The number of carbonyl (C=O) groups excluding carboxylic acids is 1. The molecule has 0 spiro atoms. The van der Waals surface area contributed by atoms with E-state index in [9.17, 15) is 23.2 Å². The fourth-order valence-electron chi connectivity index (χ4n) is 2.95. The maximum Gasteiger partial charge on any atom is 0.416 e. The fraction of sp³-hybridized carbons (Fsp3) is 0.208. The molecule has 0 atom stereocenters. The van der Waals surface area contributed by atoms with Gasteiger partial charge in [-0.3, -0.25) is 10.1 Å². The highest BCUT2D eigenvalue weighted by molar-refractivity contribution is 7.15. The number of amides is 1. The molecule has 176 valence electrons. The van der Waals surface area contributed by atoms with Gasteiger partial charge in [0.15, 0.2) is 5.13 Å². The van der Waals surface area contributed by atoms with Crippen LogP contribution in [0.1, 0.15) is 35.4 Å². The van der Waals surface area contributed by atoms with E-state index >= 15 is 0 Å². The van der Waals surface area contributed by atoms with Gasteiger partial charge in [-0.25, -0.2) is 4.98 Å². The first-order valence-electron chi connectivity index (χ1n) is 10.1. The smallest absolute Gasteiger partial charge is 0.416 e. The normalized spacial score (nSPS) is 11.9. The molecule has 0 fully saturated rings. The molecule has 3 rings (SSSR count). The van der Waals surface area contributed by atoms with Crippen molar-refractivity contribution in [3.8, 4) is 11.8 Å². The van der Waals surface area contributed by atoms with Crippen LogP contribution >= 0.6 is 22.9 Å². The van der Waals surface area contributed by atoms with Crippen LogP contribution in [0.4, 0.5) is 18.3 Å².